The minimum absolute atomic E-state index is 0.100. The van der Waals surface area contributed by atoms with E-state index in [1.165, 1.54) is 17.3 Å². The molecule has 3 aromatic rings. The third-order valence-electron chi connectivity index (χ3n) is 3.56. The van der Waals surface area contributed by atoms with Gasteiger partial charge in [-0.2, -0.15) is 0 Å². The van der Waals surface area contributed by atoms with Crippen molar-refractivity contribution in [1.82, 2.24) is 14.8 Å². The van der Waals surface area contributed by atoms with E-state index in [1.807, 2.05) is 60.1 Å². The smallest absolute Gasteiger partial charge is 0.191 e. The molecule has 4 nitrogen and oxygen atoms in total. The van der Waals surface area contributed by atoms with Gasteiger partial charge in [-0.3, -0.25) is 4.79 Å². The summed E-state index contributed by atoms with van der Waals surface area (Å²) >= 11 is 1.42. The molecule has 0 unspecified atom stereocenters. The monoisotopic (exact) mass is 323 g/mol. The zero-order valence-corrected chi connectivity index (χ0v) is 13.7. The second-order valence-electron chi connectivity index (χ2n) is 5.20. The van der Waals surface area contributed by atoms with Crippen LogP contribution in [0.15, 0.2) is 65.8 Å². The highest BCUT2D eigenvalue weighted by Gasteiger charge is 2.12. The number of nitrogens with zero attached hydrogens (tertiary/aromatic N) is 3. The van der Waals surface area contributed by atoms with Gasteiger partial charge in [-0.15, -0.1) is 10.2 Å². The van der Waals surface area contributed by atoms with Crippen LogP contribution in [0, 0.1) is 0 Å². The number of carbonyl (C=O) groups excluding carboxylic acids is 1. The number of hydrogen-bond acceptors (Lipinski definition) is 4. The number of benzene rings is 2. The van der Waals surface area contributed by atoms with E-state index in [1.54, 1.807) is 0 Å². The van der Waals surface area contributed by atoms with Crippen LogP contribution in [0.1, 0.15) is 21.7 Å². The lowest BCUT2D eigenvalue weighted by Gasteiger charge is -2.04. The van der Waals surface area contributed by atoms with Crippen molar-refractivity contribution in [3.8, 4) is 0 Å². The van der Waals surface area contributed by atoms with Crippen LogP contribution in [0.25, 0.3) is 0 Å². The molecule has 0 radical (unpaired) electrons. The van der Waals surface area contributed by atoms with Crippen molar-refractivity contribution in [1.29, 1.82) is 0 Å². The van der Waals surface area contributed by atoms with Crippen molar-refractivity contribution in [2.75, 3.05) is 5.75 Å². The number of hydrogen-bond donors (Lipinski definition) is 0. The van der Waals surface area contributed by atoms with Crippen LogP contribution in [0.5, 0.6) is 0 Å². The number of thioether (sulfide) groups is 1. The first-order valence-electron chi connectivity index (χ1n) is 7.37. The molecule has 0 spiro atoms. The Hall–Kier alpha value is -2.40. The van der Waals surface area contributed by atoms with Gasteiger partial charge in [0, 0.05) is 19.0 Å². The normalized spacial score (nSPS) is 10.7. The molecule has 5 heteroatoms. The van der Waals surface area contributed by atoms with Gasteiger partial charge in [-0.25, -0.2) is 0 Å². The third-order valence-corrected chi connectivity index (χ3v) is 4.58. The molecule has 0 amide bonds. The Morgan fingerprint density at radius 1 is 1.00 bits per heavy atom. The zero-order chi connectivity index (χ0) is 16.1. The Bertz CT molecular complexity index is 785. The minimum atomic E-state index is 0.100. The van der Waals surface area contributed by atoms with Gasteiger partial charge in [0.2, 0.25) is 0 Å². The Balaban J connectivity index is 1.64. The van der Waals surface area contributed by atoms with Crippen molar-refractivity contribution in [2.24, 2.45) is 7.05 Å². The van der Waals surface area contributed by atoms with Crippen molar-refractivity contribution in [2.45, 2.75) is 11.6 Å². The molecule has 1 aromatic heterocycles. The molecule has 3 rings (SSSR count). The zero-order valence-electron chi connectivity index (χ0n) is 12.8. The lowest BCUT2D eigenvalue weighted by Crippen LogP contribution is -2.04. The van der Waals surface area contributed by atoms with Crippen molar-refractivity contribution in [3.05, 3.63) is 77.6 Å². The van der Waals surface area contributed by atoms with E-state index in [2.05, 4.69) is 22.3 Å². The molecule has 0 bridgehead atoms. The first-order chi connectivity index (χ1) is 11.2. The molecular formula is C18H17N3OS. The lowest BCUT2D eigenvalue weighted by atomic mass is 10.1. The maximum Gasteiger partial charge on any atom is 0.191 e. The molecule has 0 saturated heterocycles. The number of carbonyl (C=O) groups is 1. The Morgan fingerprint density at radius 2 is 1.65 bits per heavy atom. The van der Waals surface area contributed by atoms with Crippen LogP contribution >= 0.6 is 11.8 Å². The van der Waals surface area contributed by atoms with Crippen LogP contribution in [-0.4, -0.2) is 26.3 Å². The molecule has 0 aliphatic carbocycles. The predicted octanol–water partition coefficient (Wildman–Crippen LogP) is 3.38. The highest BCUT2D eigenvalue weighted by atomic mass is 32.2. The van der Waals surface area contributed by atoms with E-state index in [9.17, 15) is 4.79 Å². The quantitative estimate of drug-likeness (QED) is 0.515. The molecule has 0 aliphatic heterocycles. The second kappa shape index (κ2) is 7.24. The maximum atomic E-state index is 12.1. The fourth-order valence-electron chi connectivity index (χ4n) is 2.24. The summed E-state index contributed by atoms with van der Waals surface area (Å²) in [5.74, 6) is 1.36. The SMILES string of the molecule is Cn1c(Cc2ccccc2)nnc1SCC(=O)c1ccccc1. The van der Waals surface area contributed by atoms with E-state index in [0.717, 1.165) is 23.0 Å². The van der Waals surface area contributed by atoms with E-state index in [-0.39, 0.29) is 5.78 Å². The van der Waals surface area contributed by atoms with Gasteiger partial charge < -0.3 is 4.57 Å². The van der Waals surface area contributed by atoms with E-state index in [0.29, 0.717) is 5.75 Å². The van der Waals surface area contributed by atoms with Crippen LogP contribution in [0.2, 0.25) is 0 Å². The highest BCUT2D eigenvalue weighted by Crippen LogP contribution is 2.18. The van der Waals surface area contributed by atoms with Gasteiger partial charge in [-0.05, 0) is 5.56 Å². The Labute approximate surface area is 139 Å². The Kier molecular flexibility index (Phi) is 4.88. The molecular weight excluding hydrogens is 306 g/mol. The van der Waals surface area contributed by atoms with E-state index < -0.39 is 0 Å². The summed E-state index contributed by atoms with van der Waals surface area (Å²) in [7, 11) is 1.94. The van der Waals surface area contributed by atoms with Crippen LogP contribution in [0.3, 0.4) is 0 Å². The molecule has 23 heavy (non-hydrogen) atoms. The first kappa shape index (κ1) is 15.5. The van der Waals surface area contributed by atoms with Crippen molar-refractivity contribution >= 4 is 17.5 Å². The van der Waals surface area contributed by atoms with Crippen LogP contribution in [-0.2, 0) is 13.5 Å². The second-order valence-corrected chi connectivity index (χ2v) is 6.14. The average Bonchev–Trinajstić information content (AvgIpc) is 2.94. The average molecular weight is 323 g/mol. The standard InChI is InChI=1S/C18H17N3OS/c1-21-17(12-14-8-4-2-5-9-14)19-20-18(21)23-13-16(22)15-10-6-3-7-11-15/h2-11H,12-13H2,1H3. The fourth-order valence-corrected chi connectivity index (χ4v) is 3.07. The Morgan fingerprint density at radius 3 is 2.35 bits per heavy atom. The molecule has 2 aromatic carbocycles. The molecule has 0 fully saturated rings. The number of rotatable bonds is 6. The molecule has 0 saturated carbocycles. The van der Waals surface area contributed by atoms with E-state index >= 15 is 0 Å². The molecule has 0 N–H and O–H groups in total. The van der Waals surface area contributed by atoms with Crippen LogP contribution in [0.4, 0.5) is 0 Å². The summed E-state index contributed by atoms with van der Waals surface area (Å²) in [5, 5.41) is 9.21. The molecule has 116 valence electrons. The third kappa shape index (κ3) is 3.87. The predicted molar refractivity (Wildman–Crippen MR) is 91.7 cm³/mol. The summed E-state index contributed by atoms with van der Waals surface area (Å²) in [5.41, 5.74) is 1.92. The fraction of sp³-hybridized carbons (Fsp3) is 0.167. The van der Waals surface area contributed by atoms with Gasteiger partial charge in [0.05, 0.1) is 5.75 Å². The van der Waals surface area contributed by atoms with Gasteiger partial charge in [-0.1, -0.05) is 72.4 Å². The molecule has 0 atom stereocenters. The number of aromatic nitrogens is 3. The largest absolute Gasteiger partial charge is 0.309 e. The number of ketones is 1. The lowest BCUT2D eigenvalue weighted by molar-refractivity contribution is 0.102. The van der Waals surface area contributed by atoms with Gasteiger partial charge in [0.25, 0.3) is 0 Å². The molecule has 1 heterocycles. The highest BCUT2D eigenvalue weighted by molar-refractivity contribution is 7.99. The van der Waals surface area contributed by atoms with Crippen molar-refractivity contribution in [3.63, 3.8) is 0 Å². The van der Waals surface area contributed by atoms with E-state index in [4.69, 9.17) is 0 Å². The first-order valence-corrected chi connectivity index (χ1v) is 8.36. The van der Waals surface area contributed by atoms with Gasteiger partial charge >= 0.3 is 0 Å². The number of Topliss-reactive ketones (excluding diaryl/α,β-unsaturated/α-hetero) is 1. The summed E-state index contributed by atoms with van der Waals surface area (Å²) in [6.07, 6.45) is 0.734. The summed E-state index contributed by atoms with van der Waals surface area (Å²) in [6, 6.07) is 19.5. The topological polar surface area (TPSA) is 47.8 Å². The van der Waals surface area contributed by atoms with Gasteiger partial charge in [0.1, 0.15) is 5.82 Å². The maximum absolute atomic E-state index is 12.1. The minimum Gasteiger partial charge on any atom is -0.309 e. The summed E-state index contributed by atoms with van der Waals surface area (Å²) in [6.45, 7) is 0. The summed E-state index contributed by atoms with van der Waals surface area (Å²) < 4.78 is 1.95. The van der Waals surface area contributed by atoms with Crippen molar-refractivity contribution < 1.29 is 4.79 Å². The van der Waals surface area contributed by atoms with Crippen LogP contribution < -0.4 is 0 Å². The van der Waals surface area contributed by atoms with Gasteiger partial charge in [0.15, 0.2) is 10.9 Å². The molecule has 0 aliphatic rings. The summed E-state index contributed by atoms with van der Waals surface area (Å²) in [4.78, 5) is 12.1.